The number of allylic oxidation sites excluding steroid dienone is 2. The standard InChI is InChI=1S/C12H24N2O/c1-4-7-8-9-10-12(15)13-11-14(5-2)6-3/h4,7H,5-6,8-11H2,1-3H3,(H,13,15)/b7-4+. The molecule has 1 N–H and O–H groups in total. The number of unbranched alkanes of at least 4 members (excludes halogenated alkanes) is 1. The predicted molar refractivity (Wildman–Crippen MR) is 64.6 cm³/mol. The van der Waals surface area contributed by atoms with E-state index in [4.69, 9.17) is 0 Å². The van der Waals surface area contributed by atoms with Crippen LogP contribution in [0.3, 0.4) is 0 Å². The molecule has 0 atom stereocenters. The van der Waals surface area contributed by atoms with Gasteiger partial charge in [-0.3, -0.25) is 9.69 Å². The fourth-order valence-corrected chi connectivity index (χ4v) is 1.28. The molecule has 0 fully saturated rings. The molecular weight excluding hydrogens is 188 g/mol. The number of carbonyl (C=O) groups is 1. The highest BCUT2D eigenvalue weighted by Crippen LogP contribution is 1.96. The van der Waals surface area contributed by atoms with Gasteiger partial charge >= 0.3 is 0 Å². The Labute approximate surface area is 93.5 Å². The van der Waals surface area contributed by atoms with Gasteiger partial charge in [-0.25, -0.2) is 0 Å². The smallest absolute Gasteiger partial charge is 0.221 e. The van der Waals surface area contributed by atoms with E-state index in [1.807, 2.05) is 13.0 Å². The van der Waals surface area contributed by atoms with Gasteiger partial charge in [0.2, 0.25) is 5.91 Å². The van der Waals surface area contributed by atoms with E-state index in [-0.39, 0.29) is 5.91 Å². The Morgan fingerprint density at radius 1 is 1.33 bits per heavy atom. The lowest BCUT2D eigenvalue weighted by molar-refractivity contribution is -0.121. The first-order chi connectivity index (χ1) is 7.24. The largest absolute Gasteiger partial charge is 0.343 e. The number of hydrogen-bond donors (Lipinski definition) is 1. The van der Waals surface area contributed by atoms with Gasteiger partial charge in [0.1, 0.15) is 0 Å². The summed E-state index contributed by atoms with van der Waals surface area (Å²) in [6.07, 6.45) is 6.68. The number of nitrogens with zero attached hydrogens (tertiary/aromatic N) is 1. The van der Waals surface area contributed by atoms with Gasteiger partial charge in [-0.2, -0.15) is 0 Å². The third-order valence-corrected chi connectivity index (χ3v) is 2.40. The molecule has 3 nitrogen and oxygen atoms in total. The zero-order chi connectivity index (χ0) is 11.5. The average molecular weight is 212 g/mol. The topological polar surface area (TPSA) is 32.3 Å². The van der Waals surface area contributed by atoms with Crippen LogP contribution in [-0.2, 0) is 4.79 Å². The molecule has 0 aromatic carbocycles. The zero-order valence-corrected chi connectivity index (χ0v) is 10.3. The van der Waals surface area contributed by atoms with Crippen LogP contribution in [0.25, 0.3) is 0 Å². The minimum absolute atomic E-state index is 0.159. The maximum atomic E-state index is 11.4. The van der Waals surface area contributed by atoms with Crippen LogP contribution in [0.5, 0.6) is 0 Å². The van der Waals surface area contributed by atoms with Crippen LogP contribution in [0.15, 0.2) is 12.2 Å². The van der Waals surface area contributed by atoms with Gasteiger partial charge in [-0.1, -0.05) is 26.0 Å². The number of amides is 1. The molecule has 15 heavy (non-hydrogen) atoms. The van der Waals surface area contributed by atoms with Gasteiger partial charge in [0.25, 0.3) is 0 Å². The molecule has 0 unspecified atom stereocenters. The molecular formula is C12H24N2O. The van der Waals surface area contributed by atoms with Crippen molar-refractivity contribution in [1.29, 1.82) is 0 Å². The number of nitrogens with one attached hydrogen (secondary N) is 1. The van der Waals surface area contributed by atoms with Crippen LogP contribution in [0, 0.1) is 0 Å². The maximum Gasteiger partial charge on any atom is 0.221 e. The minimum Gasteiger partial charge on any atom is -0.343 e. The Morgan fingerprint density at radius 3 is 2.53 bits per heavy atom. The van der Waals surface area contributed by atoms with Crippen LogP contribution in [0.1, 0.15) is 40.0 Å². The number of hydrogen-bond acceptors (Lipinski definition) is 2. The second-order valence-corrected chi connectivity index (χ2v) is 3.52. The Kier molecular flexibility index (Phi) is 9.18. The second-order valence-electron chi connectivity index (χ2n) is 3.52. The van der Waals surface area contributed by atoms with Crippen molar-refractivity contribution in [3.8, 4) is 0 Å². The molecule has 0 aliphatic rings. The summed E-state index contributed by atoms with van der Waals surface area (Å²) in [5.74, 6) is 0.159. The van der Waals surface area contributed by atoms with E-state index in [1.165, 1.54) is 0 Å². The highest BCUT2D eigenvalue weighted by molar-refractivity contribution is 5.75. The van der Waals surface area contributed by atoms with E-state index in [2.05, 4.69) is 30.1 Å². The van der Waals surface area contributed by atoms with Gasteiger partial charge in [0.05, 0.1) is 6.67 Å². The first-order valence-corrected chi connectivity index (χ1v) is 5.84. The van der Waals surface area contributed by atoms with Crippen LogP contribution in [-0.4, -0.2) is 30.6 Å². The van der Waals surface area contributed by atoms with Crippen molar-refractivity contribution >= 4 is 5.91 Å². The summed E-state index contributed by atoms with van der Waals surface area (Å²) >= 11 is 0. The van der Waals surface area contributed by atoms with E-state index in [0.717, 1.165) is 25.9 Å². The van der Waals surface area contributed by atoms with E-state index >= 15 is 0 Å². The predicted octanol–water partition coefficient (Wildman–Crippen LogP) is 2.15. The van der Waals surface area contributed by atoms with Crippen LogP contribution >= 0.6 is 0 Å². The molecule has 0 radical (unpaired) electrons. The van der Waals surface area contributed by atoms with Crippen molar-refractivity contribution < 1.29 is 4.79 Å². The fourth-order valence-electron chi connectivity index (χ4n) is 1.28. The van der Waals surface area contributed by atoms with Crippen molar-refractivity contribution in [3.05, 3.63) is 12.2 Å². The summed E-state index contributed by atoms with van der Waals surface area (Å²) in [4.78, 5) is 13.6. The molecule has 0 saturated carbocycles. The summed E-state index contributed by atoms with van der Waals surface area (Å²) in [7, 11) is 0. The molecule has 0 aliphatic heterocycles. The molecule has 0 aromatic heterocycles. The van der Waals surface area contributed by atoms with Gasteiger partial charge < -0.3 is 5.32 Å². The molecule has 88 valence electrons. The molecule has 3 heteroatoms. The zero-order valence-electron chi connectivity index (χ0n) is 10.3. The molecule has 0 bridgehead atoms. The van der Waals surface area contributed by atoms with Gasteiger partial charge in [-0.15, -0.1) is 0 Å². The van der Waals surface area contributed by atoms with E-state index < -0.39 is 0 Å². The average Bonchev–Trinajstić information content (AvgIpc) is 2.26. The van der Waals surface area contributed by atoms with E-state index in [0.29, 0.717) is 13.1 Å². The molecule has 0 aromatic rings. The quantitative estimate of drug-likeness (QED) is 0.380. The van der Waals surface area contributed by atoms with Crippen molar-refractivity contribution in [1.82, 2.24) is 10.2 Å². The lowest BCUT2D eigenvalue weighted by atomic mass is 10.2. The van der Waals surface area contributed by atoms with Crippen molar-refractivity contribution in [2.45, 2.75) is 40.0 Å². The van der Waals surface area contributed by atoms with Gasteiger partial charge in [0.15, 0.2) is 0 Å². The third kappa shape index (κ3) is 8.18. The fraction of sp³-hybridized carbons (Fsp3) is 0.750. The number of rotatable bonds is 8. The van der Waals surface area contributed by atoms with E-state index in [9.17, 15) is 4.79 Å². The summed E-state index contributed by atoms with van der Waals surface area (Å²) < 4.78 is 0. The summed E-state index contributed by atoms with van der Waals surface area (Å²) in [5, 5.41) is 2.92. The first-order valence-electron chi connectivity index (χ1n) is 5.84. The molecule has 0 spiro atoms. The summed E-state index contributed by atoms with van der Waals surface area (Å²) in [5.41, 5.74) is 0. The minimum atomic E-state index is 0.159. The highest BCUT2D eigenvalue weighted by atomic mass is 16.1. The Bertz CT molecular complexity index is 186. The summed E-state index contributed by atoms with van der Waals surface area (Å²) in [6.45, 7) is 8.84. The van der Waals surface area contributed by atoms with Crippen molar-refractivity contribution in [2.75, 3.05) is 19.8 Å². The maximum absolute atomic E-state index is 11.4. The van der Waals surface area contributed by atoms with Gasteiger partial charge in [-0.05, 0) is 32.9 Å². The van der Waals surface area contributed by atoms with Crippen molar-refractivity contribution in [3.63, 3.8) is 0 Å². The molecule has 0 saturated heterocycles. The third-order valence-electron chi connectivity index (χ3n) is 2.40. The molecule has 0 heterocycles. The monoisotopic (exact) mass is 212 g/mol. The second kappa shape index (κ2) is 9.71. The van der Waals surface area contributed by atoms with Gasteiger partial charge in [0, 0.05) is 6.42 Å². The molecule has 0 rings (SSSR count). The highest BCUT2D eigenvalue weighted by Gasteiger charge is 2.02. The molecule has 0 aliphatic carbocycles. The summed E-state index contributed by atoms with van der Waals surface area (Å²) in [6, 6.07) is 0. The first kappa shape index (κ1) is 14.2. The van der Waals surface area contributed by atoms with E-state index in [1.54, 1.807) is 0 Å². The lowest BCUT2D eigenvalue weighted by Crippen LogP contribution is -2.37. The van der Waals surface area contributed by atoms with Crippen molar-refractivity contribution in [2.24, 2.45) is 0 Å². The number of carbonyl (C=O) groups excluding carboxylic acids is 1. The van der Waals surface area contributed by atoms with Crippen LogP contribution in [0.2, 0.25) is 0 Å². The van der Waals surface area contributed by atoms with Crippen LogP contribution in [0.4, 0.5) is 0 Å². The normalized spacial score (nSPS) is 11.2. The van der Waals surface area contributed by atoms with Crippen LogP contribution < -0.4 is 5.32 Å². The Balaban J connectivity index is 3.48. The Hall–Kier alpha value is -0.830. The SMILES string of the molecule is C/C=C/CCCC(=O)NCN(CC)CC. The molecule has 1 amide bonds. The lowest BCUT2D eigenvalue weighted by Gasteiger charge is -2.18. The Morgan fingerprint density at radius 2 is 2.00 bits per heavy atom.